The van der Waals surface area contributed by atoms with Gasteiger partial charge in [-0.05, 0) is 42.7 Å². The largest absolute Gasteiger partial charge is 0.508 e. The molecule has 1 aromatic carbocycles. The number of phenols is 1. The topological polar surface area (TPSA) is 20.2 Å². The van der Waals surface area contributed by atoms with Crippen LogP contribution in [-0.4, -0.2) is 5.11 Å². The standard InChI is InChI=1S/C10H12O/c1-4-10-7(2)5-9(11)6-8(10)3/h4-6,11H,1H2,2-3H3. The number of hydrogen-bond donors (Lipinski definition) is 1. The first kappa shape index (κ1) is 7.86. The maximum atomic E-state index is 9.18. The van der Waals surface area contributed by atoms with Crippen molar-refractivity contribution in [2.45, 2.75) is 13.8 Å². The smallest absolute Gasteiger partial charge is 0.116 e. The minimum absolute atomic E-state index is 0.325. The molecule has 0 aromatic heterocycles. The monoisotopic (exact) mass is 148 g/mol. The van der Waals surface area contributed by atoms with E-state index in [1.165, 1.54) is 0 Å². The van der Waals surface area contributed by atoms with Crippen LogP contribution in [0.1, 0.15) is 16.7 Å². The van der Waals surface area contributed by atoms with Gasteiger partial charge in [0, 0.05) is 0 Å². The fraction of sp³-hybridized carbons (Fsp3) is 0.200. The highest BCUT2D eigenvalue weighted by Gasteiger charge is 1.99. The van der Waals surface area contributed by atoms with Crippen molar-refractivity contribution in [2.24, 2.45) is 0 Å². The van der Waals surface area contributed by atoms with Crippen LogP contribution in [0.2, 0.25) is 0 Å². The van der Waals surface area contributed by atoms with Crippen LogP contribution in [0, 0.1) is 13.8 Å². The Morgan fingerprint density at radius 1 is 1.27 bits per heavy atom. The second-order valence-electron chi connectivity index (χ2n) is 2.70. The lowest BCUT2D eigenvalue weighted by Gasteiger charge is -2.04. The van der Waals surface area contributed by atoms with Gasteiger partial charge < -0.3 is 5.11 Å². The van der Waals surface area contributed by atoms with Crippen LogP contribution in [0.3, 0.4) is 0 Å². The van der Waals surface area contributed by atoms with Crippen molar-refractivity contribution in [2.75, 3.05) is 0 Å². The summed E-state index contributed by atoms with van der Waals surface area (Å²) in [6.07, 6.45) is 1.81. The van der Waals surface area contributed by atoms with E-state index in [-0.39, 0.29) is 0 Å². The number of rotatable bonds is 1. The number of aryl methyl sites for hydroxylation is 2. The van der Waals surface area contributed by atoms with Gasteiger partial charge in [-0.25, -0.2) is 0 Å². The van der Waals surface area contributed by atoms with Crippen molar-refractivity contribution in [3.05, 3.63) is 35.4 Å². The predicted octanol–water partition coefficient (Wildman–Crippen LogP) is 2.65. The third kappa shape index (κ3) is 1.43. The number of aromatic hydroxyl groups is 1. The molecule has 0 fully saturated rings. The van der Waals surface area contributed by atoms with Crippen LogP contribution in [0.5, 0.6) is 5.75 Å². The van der Waals surface area contributed by atoms with Gasteiger partial charge in [-0.15, -0.1) is 0 Å². The molecule has 0 radical (unpaired) electrons. The molecule has 0 aliphatic carbocycles. The molecule has 58 valence electrons. The van der Waals surface area contributed by atoms with E-state index < -0.39 is 0 Å². The minimum Gasteiger partial charge on any atom is -0.508 e. The summed E-state index contributed by atoms with van der Waals surface area (Å²) in [6, 6.07) is 3.48. The van der Waals surface area contributed by atoms with Gasteiger partial charge in [-0.2, -0.15) is 0 Å². The predicted molar refractivity (Wildman–Crippen MR) is 47.7 cm³/mol. The van der Waals surface area contributed by atoms with Crippen molar-refractivity contribution in [3.8, 4) is 5.75 Å². The summed E-state index contributed by atoms with van der Waals surface area (Å²) in [5.74, 6) is 0.325. The van der Waals surface area contributed by atoms with Crippen molar-refractivity contribution in [1.29, 1.82) is 0 Å². The molecule has 0 amide bonds. The summed E-state index contributed by atoms with van der Waals surface area (Å²) in [7, 11) is 0. The average molecular weight is 148 g/mol. The molecule has 0 saturated carbocycles. The van der Waals surface area contributed by atoms with Crippen molar-refractivity contribution in [1.82, 2.24) is 0 Å². The molecule has 0 aliphatic heterocycles. The molecule has 1 N–H and O–H groups in total. The van der Waals surface area contributed by atoms with E-state index >= 15 is 0 Å². The van der Waals surface area contributed by atoms with Gasteiger partial charge in [0.1, 0.15) is 5.75 Å². The summed E-state index contributed by atoms with van der Waals surface area (Å²) in [4.78, 5) is 0. The van der Waals surface area contributed by atoms with Gasteiger partial charge in [0.15, 0.2) is 0 Å². The van der Waals surface area contributed by atoms with Crippen LogP contribution in [0.15, 0.2) is 18.7 Å². The van der Waals surface area contributed by atoms with Crippen LogP contribution in [0.4, 0.5) is 0 Å². The van der Waals surface area contributed by atoms with Gasteiger partial charge in [0.2, 0.25) is 0 Å². The van der Waals surface area contributed by atoms with E-state index in [4.69, 9.17) is 0 Å². The molecule has 1 nitrogen and oxygen atoms in total. The average Bonchev–Trinajstić information content (AvgIpc) is 1.85. The molecule has 0 atom stereocenters. The zero-order valence-electron chi connectivity index (χ0n) is 6.89. The number of phenolic OH excluding ortho intramolecular Hbond substituents is 1. The summed E-state index contributed by atoms with van der Waals surface area (Å²) < 4.78 is 0. The molecule has 0 unspecified atom stereocenters. The highest BCUT2D eigenvalue weighted by molar-refractivity contribution is 5.57. The molecular weight excluding hydrogens is 136 g/mol. The lowest BCUT2D eigenvalue weighted by molar-refractivity contribution is 0.474. The number of benzene rings is 1. The molecule has 0 aliphatic rings. The molecule has 0 bridgehead atoms. The van der Waals surface area contributed by atoms with E-state index in [0.717, 1.165) is 16.7 Å². The molecule has 0 spiro atoms. The Kier molecular flexibility index (Phi) is 1.99. The Morgan fingerprint density at radius 2 is 1.73 bits per heavy atom. The van der Waals surface area contributed by atoms with E-state index in [1.54, 1.807) is 12.1 Å². The van der Waals surface area contributed by atoms with Gasteiger partial charge in [0.25, 0.3) is 0 Å². The highest BCUT2D eigenvalue weighted by Crippen LogP contribution is 2.20. The first-order valence-electron chi connectivity index (χ1n) is 3.58. The van der Waals surface area contributed by atoms with Crippen molar-refractivity contribution >= 4 is 6.08 Å². The van der Waals surface area contributed by atoms with Crippen LogP contribution < -0.4 is 0 Å². The Bertz CT molecular complexity index is 264. The zero-order chi connectivity index (χ0) is 8.43. The fourth-order valence-electron chi connectivity index (χ4n) is 1.27. The fourth-order valence-corrected chi connectivity index (χ4v) is 1.27. The van der Waals surface area contributed by atoms with Gasteiger partial charge in [-0.1, -0.05) is 12.7 Å². The van der Waals surface area contributed by atoms with Crippen molar-refractivity contribution < 1.29 is 5.11 Å². The summed E-state index contributed by atoms with van der Waals surface area (Å²) >= 11 is 0. The molecule has 11 heavy (non-hydrogen) atoms. The van der Waals surface area contributed by atoms with E-state index in [1.807, 2.05) is 19.9 Å². The van der Waals surface area contributed by atoms with E-state index in [0.29, 0.717) is 5.75 Å². The molecular formula is C10H12O. The Hall–Kier alpha value is -1.24. The minimum atomic E-state index is 0.325. The third-order valence-electron chi connectivity index (χ3n) is 1.78. The normalized spacial score (nSPS) is 9.64. The summed E-state index contributed by atoms with van der Waals surface area (Å²) in [6.45, 7) is 7.62. The molecule has 1 rings (SSSR count). The van der Waals surface area contributed by atoms with Gasteiger partial charge in [0.05, 0.1) is 0 Å². The lowest BCUT2D eigenvalue weighted by atomic mass is 10.0. The summed E-state index contributed by atoms with van der Waals surface area (Å²) in [5.41, 5.74) is 3.25. The maximum absolute atomic E-state index is 9.18. The number of hydrogen-bond acceptors (Lipinski definition) is 1. The van der Waals surface area contributed by atoms with Gasteiger partial charge >= 0.3 is 0 Å². The molecule has 1 heteroatoms. The lowest BCUT2D eigenvalue weighted by Crippen LogP contribution is -1.84. The van der Waals surface area contributed by atoms with Crippen LogP contribution >= 0.6 is 0 Å². The molecule has 0 heterocycles. The SMILES string of the molecule is C=Cc1c(C)cc(O)cc1C. The summed E-state index contributed by atoms with van der Waals surface area (Å²) in [5, 5.41) is 9.18. The van der Waals surface area contributed by atoms with E-state index in [2.05, 4.69) is 6.58 Å². The third-order valence-corrected chi connectivity index (χ3v) is 1.78. The van der Waals surface area contributed by atoms with Crippen LogP contribution in [0.25, 0.3) is 6.08 Å². The van der Waals surface area contributed by atoms with Gasteiger partial charge in [-0.3, -0.25) is 0 Å². The Balaban J connectivity index is 3.36. The molecule has 1 aromatic rings. The van der Waals surface area contributed by atoms with Crippen molar-refractivity contribution in [3.63, 3.8) is 0 Å². The van der Waals surface area contributed by atoms with Crippen LogP contribution in [-0.2, 0) is 0 Å². The highest BCUT2D eigenvalue weighted by atomic mass is 16.3. The first-order chi connectivity index (χ1) is 5.15. The maximum Gasteiger partial charge on any atom is 0.116 e. The second-order valence-corrected chi connectivity index (χ2v) is 2.70. The Labute approximate surface area is 67.0 Å². The molecule has 0 saturated heterocycles. The Morgan fingerprint density at radius 3 is 2.09 bits per heavy atom. The second kappa shape index (κ2) is 2.79. The first-order valence-corrected chi connectivity index (χ1v) is 3.58. The quantitative estimate of drug-likeness (QED) is 0.649. The van der Waals surface area contributed by atoms with E-state index in [9.17, 15) is 5.11 Å². The zero-order valence-corrected chi connectivity index (χ0v) is 6.89.